The lowest BCUT2D eigenvalue weighted by molar-refractivity contribution is 0.0641. The molecule has 1 saturated heterocycles. The fraction of sp³-hybridized carbons (Fsp3) is 0.520. The Morgan fingerprint density at radius 3 is 2.24 bits per heavy atom. The van der Waals surface area contributed by atoms with E-state index in [1.165, 1.54) is 0 Å². The zero-order chi connectivity index (χ0) is 23.8. The van der Waals surface area contributed by atoms with E-state index in [2.05, 4.69) is 24.1 Å². The second-order valence-corrected chi connectivity index (χ2v) is 9.64. The second-order valence-electron chi connectivity index (χ2n) is 8.93. The number of aliphatic hydroxyl groups excluding tert-OH is 2. The topological polar surface area (TPSA) is 74.2 Å². The summed E-state index contributed by atoms with van der Waals surface area (Å²) in [6.45, 7) is 9.07. The van der Waals surface area contributed by atoms with Crippen molar-refractivity contribution < 1.29 is 19.7 Å². The van der Waals surface area contributed by atoms with Gasteiger partial charge in [-0.3, -0.25) is 4.90 Å². The zero-order valence-corrected chi connectivity index (χ0v) is 20.8. The molecule has 182 valence electrons. The standard InChI is InChI=1S/C25H34Cl2N2O4/c1-25(2,19-5-8-24(23(27)13-19)33-16-20(30)14-26)18-3-6-22(7-4-18)32-17-21(31)15-29-11-9-28-10-12-29/h3-8,13,20-21,28,30-31H,9-12,14-17H2,1-2H3/t20-,21-/m1/s1. The molecule has 2 aromatic rings. The van der Waals surface area contributed by atoms with E-state index in [0.717, 1.165) is 43.1 Å². The van der Waals surface area contributed by atoms with Gasteiger partial charge in [0.05, 0.1) is 10.9 Å². The Morgan fingerprint density at radius 2 is 1.61 bits per heavy atom. The number of nitrogens with one attached hydrogen (secondary N) is 1. The van der Waals surface area contributed by atoms with Crippen LogP contribution in [-0.2, 0) is 5.41 Å². The number of piperazine rings is 1. The molecule has 1 heterocycles. The summed E-state index contributed by atoms with van der Waals surface area (Å²) in [4.78, 5) is 2.25. The van der Waals surface area contributed by atoms with Gasteiger partial charge in [0.25, 0.3) is 0 Å². The number of rotatable bonds is 11. The highest BCUT2D eigenvalue weighted by molar-refractivity contribution is 6.32. The smallest absolute Gasteiger partial charge is 0.138 e. The minimum Gasteiger partial charge on any atom is -0.491 e. The summed E-state index contributed by atoms with van der Waals surface area (Å²) in [6.07, 6.45) is -1.25. The van der Waals surface area contributed by atoms with E-state index in [9.17, 15) is 10.2 Å². The van der Waals surface area contributed by atoms with Crippen molar-refractivity contribution in [1.82, 2.24) is 10.2 Å². The lowest BCUT2D eigenvalue weighted by Crippen LogP contribution is -2.47. The predicted octanol–water partition coefficient (Wildman–Crippen LogP) is 3.29. The molecule has 0 saturated carbocycles. The average molecular weight is 497 g/mol. The molecule has 3 N–H and O–H groups in total. The van der Waals surface area contributed by atoms with Gasteiger partial charge in [-0.15, -0.1) is 11.6 Å². The molecular formula is C25H34Cl2N2O4. The average Bonchev–Trinajstić information content (AvgIpc) is 2.82. The number of aliphatic hydroxyl groups is 2. The first-order valence-electron chi connectivity index (χ1n) is 11.3. The van der Waals surface area contributed by atoms with Crippen LogP contribution in [0, 0.1) is 0 Å². The fourth-order valence-electron chi connectivity index (χ4n) is 3.81. The van der Waals surface area contributed by atoms with Crippen LogP contribution in [-0.4, -0.2) is 79.1 Å². The van der Waals surface area contributed by atoms with Crippen LogP contribution < -0.4 is 14.8 Å². The summed E-state index contributed by atoms with van der Waals surface area (Å²) in [6, 6.07) is 13.6. The lowest BCUT2D eigenvalue weighted by Gasteiger charge is -2.29. The van der Waals surface area contributed by atoms with Gasteiger partial charge in [0, 0.05) is 38.1 Å². The van der Waals surface area contributed by atoms with Gasteiger partial charge < -0.3 is 25.0 Å². The van der Waals surface area contributed by atoms with E-state index in [0.29, 0.717) is 17.3 Å². The van der Waals surface area contributed by atoms with Crippen LogP contribution in [0.4, 0.5) is 0 Å². The molecule has 6 nitrogen and oxygen atoms in total. The van der Waals surface area contributed by atoms with Crippen molar-refractivity contribution in [3.63, 3.8) is 0 Å². The van der Waals surface area contributed by atoms with Gasteiger partial charge in [0.15, 0.2) is 0 Å². The highest BCUT2D eigenvalue weighted by Crippen LogP contribution is 2.36. The summed E-state index contributed by atoms with van der Waals surface area (Å²) in [5.74, 6) is 1.36. The number of hydrogen-bond donors (Lipinski definition) is 3. The fourth-order valence-corrected chi connectivity index (χ4v) is 4.13. The molecule has 1 aliphatic heterocycles. The molecule has 2 aromatic carbocycles. The molecule has 8 heteroatoms. The van der Waals surface area contributed by atoms with Gasteiger partial charge in [-0.2, -0.15) is 0 Å². The van der Waals surface area contributed by atoms with Crippen molar-refractivity contribution in [2.45, 2.75) is 31.5 Å². The molecule has 0 unspecified atom stereocenters. The first-order valence-corrected chi connectivity index (χ1v) is 12.2. The number of benzene rings is 2. The van der Waals surface area contributed by atoms with Crippen LogP contribution in [0.25, 0.3) is 0 Å². The zero-order valence-electron chi connectivity index (χ0n) is 19.3. The molecule has 3 rings (SSSR count). The van der Waals surface area contributed by atoms with E-state index in [4.69, 9.17) is 32.7 Å². The minimum absolute atomic E-state index is 0.0946. The van der Waals surface area contributed by atoms with E-state index in [1.54, 1.807) is 0 Å². The third-order valence-electron chi connectivity index (χ3n) is 5.96. The minimum atomic E-state index is -0.734. The quantitative estimate of drug-likeness (QED) is 0.414. The van der Waals surface area contributed by atoms with Crippen LogP contribution in [0.5, 0.6) is 11.5 Å². The van der Waals surface area contributed by atoms with Crippen LogP contribution in [0.1, 0.15) is 25.0 Å². The number of halogens is 2. The Balaban J connectivity index is 1.57. The maximum atomic E-state index is 10.3. The van der Waals surface area contributed by atoms with E-state index < -0.39 is 12.2 Å². The predicted molar refractivity (Wildman–Crippen MR) is 133 cm³/mol. The first-order chi connectivity index (χ1) is 15.8. The molecule has 1 aliphatic rings. The highest BCUT2D eigenvalue weighted by Gasteiger charge is 2.24. The van der Waals surface area contributed by atoms with Crippen molar-refractivity contribution >= 4 is 23.2 Å². The molecule has 0 aromatic heterocycles. The third kappa shape index (κ3) is 7.47. The van der Waals surface area contributed by atoms with E-state index >= 15 is 0 Å². The number of hydrogen-bond acceptors (Lipinski definition) is 6. The van der Waals surface area contributed by atoms with Crippen molar-refractivity contribution in [3.05, 3.63) is 58.6 Å². The molecule has 0 radical (unpaired) electrons. The van der Waals surface area contributed by atoms with E-state index in [-0.39, 0.29) is 24.5 Å². The number of β-amino-alcohol motifs (C(OH)–C–C–N with tert-alkyl or cyclic N) is 1. The number of nitrogens with zero attached hydrogens (tertiary/aromatic N) is 1. The van der Waals surface area contributed by atoms with Crippen LogP contribution in [0.15, 0.2) is 42.5 Å². The van der Waals surface area contributed by atoms with Gasteiger partial charge in [-0.1, -0.05) is 43.6 Å². The number of alkyl halides is 1. The lowest BCUT2D eigenvalue weighted by atomic mass is 9.78. The van der Waals surface area contributed by atoms with E-state index in [1.807, 2.05) is 42.5 Å². The molecule has 33 heavy (non-hydrogen) atoms. The highest BCUT2D eigenvalue weighted by atomic mass is 35.5. The normalized spacial score (nSPS) is 16.9. The van der Waals surface area contributed by atoms with Crippen LogP contribution in [0.3, 0.4) is 0 Å². The second kappa shape index (κ2) is 12.2. The monoisotopic (exact) mass is 496 g/mol. The largest absolute Gasteiger partial charge is 0.491 e. The summed E-state index contributed by atoms with van der Waals surface area (Å²) < 4.78 is 11.4. The Labute approximate surface area is 206 Å². The Hall–Kier alpha value is -1.54. The molecule has 0 amide bonds. The van der Waals surface area contributed by atoms with Crippen molar-refractivity contribution in [2.75, 3.05) is 51.8 Å². The summed E-state index contributed by atoms with van der Waals surface area (Å²) in [5.41, 5.74) is 1.86. The van der Waals surface area contributed by atoms with Gasteiger partial charge in [0.2, 0.25) is 0 Å². The third-order valence-corrected chi connectivity index (χ3v) is 6.61. The Bertz CT molecular complexity index is 873. The maximum Gasteiger partial charge on any atom is 0.138 e. The first kappa shape index (κ1) is 26.1. The van der Waals surface area contributed by atoms with Crippen LogP contribution >= 0.6 is 23.2 Å². The molecule has 1 fully saturated rings. The molecule has 0 bridgehead atoms. The van der Waals surface area contributed by atoms with Crippen molar-refractivity contribution in [3.8, 4) is 11.5 Å². The molecular weight excluding hydrogens is 463 g/mol. The van der Waals surface area contributed by atoms with Gasteiger partial charge >= 0.3 is 0 Å². The SMILES string of the molecule is CC(C)(c1ccc(OC[C@H](O)CN2CCNCC2)cc1)c1ccc(OC[C@H](O)CCl)c(Cl)c1. The van der Waals surface area contributed by atoms with Crippen molar-refractivity contribution in [2.24, 2.45) is 0 Å². The van der Waals surface area contributed by atoms with Gasteiger partial charge in [0.1, 0.15) is 36.9 Å². The molecule has 0 spiro atoms. The van der Waals surface area contributed by atoms with Gasteiger partial charge in [-0.05, 0) is 35.4 Å². The van der Waals surface area contributed by atoms with Crippen molar-refractivity contribution in [1.29, 1.82) is 0 Å². The summed E-state index contributed by atoms with van der Waals surface area (Å²) in [5, 5.41) is 23.7. The number of ether oxygens (including phenoxy) is 2. The van der Waals surface area contributed by atoms with Gasteiger partial charge in [-0.25, -0.2) is 0 Å². The summed E-state index contributed by atoms with van der Waals surface area (Å²) >= 11 is 12.0. The molecule has 0 aliphatic carbocycles. The Morgan fingerprint density at radius 1 is 0.970 bits per heavy atom. The summed E-state index contributed by atoms with van der Waals surface area (Å²) in [7, 11) is 0. The molecule has 2 atom stereocenters. The Kier molecular flexibility index (Phi) is 9.68. The van der Waals surface area contributed by atoms with Crippen LogP contribution in [0.2, 0.25) is 5.02 Å². The maximum absolute atomic E-state index is 10.3.